The molecule has 20 heavy (non-hydrogen) atoms. The Hall–Kier alpha value is -1.45. The molecule has 7 nitrogen and oxygen atoms in total. The van der Waals surface area contributed by atoms with Gasteiger partial charge >= 0.3 is 5.97 Å². The fourth-order valence-corrected chi connectivity index (χ4v) is 3.45. The minimum absolute atomic E-state index is 0.0316. The van der Waals surface area contributed by atoms with E-state index in [0.717, 1.165) is 23.8 Å². The topological polar surface area (TPSA) is 113 Å². The quantitative estimate of drug-likeness (QED) is 0.650. The van der Waals surface area contributed by atoms with E-state index in [-0.39, 0.29) is 28.6 Å². The molecule has 1 aromatic heterocycles. The van der Waals surface area contributed by atoms with Gasteiger partial charge in [0.1, 0.15) is 4.88 Å². The first kappa shape index (κ1) is 16.6. The maximum absolute atomic E-state index is 11.8. The van der Waals surface area contributed by atoms with Crippen molar-refractivity contribution in [3.63, 3.8) is 0 Å². The smallest absolute Gasteiger partial charge is 0.345 e. The van der Waals surface area contributed by atoms with E-state index < -0.39 is 16.0 Å². The number of carbonyl (C=O) groups excluding carboxylic acids is 1. The van der Waals surface area contributed by atoms with Gasteiger partial charge in [-0.15, -0.1) is 11.3 Å². The van der Waals surface area contributed by atoms with E-state index in [1.54, 1.807) is 0 Å². The fraction of sp³-hybridized carbons (Fsp3) is 0.455. The van der Waals surface area contributed by atoms with Crippen LogP contribution >= 0.6 is 11.3 Å². The van der Waals surface area contributed by atoms with Crippen LogP contribution in [0.1, 0.15) is 29.4 Å². The van der Waals surface area contributed by atoms with Gasteiger partial charge in [0.05, 0.1) is 4.90 Å². The molecule has 0 atom stereocenters. The minimum Gasteiger partial charge on any atom is -0.477 e. The normalized spacial score (nSPS) is 11.2. The molecule has 0 radical (unpaired) electrons. The molecule has 0 saturated heterocycles. The standard InChI is InChI=1S/C11H16N2O5S2/c1-2-4-12-10(14)3-5-13-20(17,18)8-6-9(11(15)16)19-7-8/h6-7,13H,2-5H2,1H3,(H,12,14)(H,15,16). The highest BCUT2D eigenvalue weighted by Gasteiger charge is 2.18. The molecule has 3 N–H and O–H groups in total. The van der Waals surface area contributed by atoms with Crippen LogP contribution in [0.4, 0.5) is 0 Å². The van der Waals surface area contributed by atoms with Gasteiger partial charge in [-0.25, -0.2) is 17.9 Å². The monoisotopic (exact) mass is 320 g/mol. The number of carboxylic acids is 1. The molecule has 1 heterocycles. The zero-order valence-electron chi connectivity index (χ0n) is 10.9. The lowest BCUT2D eigenvalue weighted by Crippen LogP contribution is -2.30. The van der Waals surface area contributed by atoms with Gasteiger partial charge in [0.15, 0.2) is 0 Å². The maximum atomic E-state index is 11.8. The van der Waals surface area contributed by atoms with Crippen molar-refractivity contribution < 1.29 is 23.1 Å². The zero-order valence-corrected chi connectivity index (χ0v) is 12.5. The highest BCUT2D eigenvalue weighted by atomic mass is 32.2. The summed E-state index contributed by atoms with van der Waals surface area (Å²) in [6.07, 6.45) is 0.847. The van der Waals surface area contributed by atoms with Crippen LogP contribution in [0.5, 0.6) is 0 Å². The summed E-state index contributed by atoms with van der Waals surface area (Å²) in [4.78, 5) is 21.8. The summed E-state index contributed by atoms with van der Waals surface area (Å²) in [6.45, 7) is 2.44. The second-order valence-corrected chi connectivity index (χ2v) is 6.63. The Labute approximate surface area is 121 Å². The van der Waals surface area contributed by atoms with Gasteiger partial charge in [0.2, 0.25) is 15.9 Å². The predicted molar refractivity (Wildman–Crippen MR) is 74.4 cm³/mol. The Bertz CT molecular complexity index is 579. The van der Waals surface area contributed by atoms with Gasteiger partial charge in [-0.05, 0) is 12.5 Å². The Balaban J connectivity index is 2.53. The van der Waals surface area contributed by atoms with Crippen molar-refractivity contribution in [1.29, 1.82) is 0 Å². The van der Waals surface area contributed by atoms with Crippen LogP contribution in [0.25, 0.3) is 0 Å². The van der Waals surface area contributed by atoms with Gasteiger partial charge in [-0.1, -0.05) is 6.92 Å². The maximum Gasteiger partial charge on any atom is 0.345 e. The van der Waals surface area contributed by atoms with Crippen molar-refractivity contribution >= 4 is 33.2 Å². The van der Waals surface area contributed by atoms with Crippen LogP contribution in [0, 0.1) is 0 Å². The third-order valence-electron chi connectivity index (χ3n) is 2.31. The number of hydrogen-bond donors (Lipinski definition) is 3. The van der Waals surface area contributed by atoms with E-state index in [1.807, 2.05) is 6.92 Å². The Morgan fingerprint density at radius 3 is 2.60 bits per heavy atom. The van der Waals surface area contributed by atoms with Crippen LogP contribution in [0.2, 0.25) is 0 Å². The Morgan fingerprint density at radius 1 is 1.35 bits per heavy atom. The van der Waals surface area contributed by atoms with Crippen LogP contribution in [0.15, 0.2) is 16.3 Å². The number of aromatic carboxylic acids is 1. The van der Waals surface area contributed by atoms with Gasteiger partial charge in [0.25, 0.3) is 0 Å². The fourth-order valence-electron chi connectivity index (χ4n) is 1.31. The molecule has 1 amide bonds. The van der Waals surface area contributed by atoms with Crippen molar-refractivity contribution in [3.05, 3.63) is 16.3 Å². The molecule has 0 spiro atoms. The van der Waals surface area contributed by atoms with Crippen molar-refractivity contribution in [2.75, 3.05) is 13.1 Å². The van der Waals surface area contributed by atoms with E-state index in [4.69, 9.17) is 5.11 Å². The zero-order chi connectivity index (χ0) is 15.2. The third kappa shape index (κ3) is 4.91. The molecular formula is C11H16N2O5S2. The van der Waals surface area contributed by atoms with Crippen LogP contribution in [0.3, 0.4) is 0 Å². The Kier molecular flexibility index (Phi) is 6.11. The average molecular weight is 320 g/mol. The highest BCUT2D eigenvalue weighted by molar-refractivity contribution is 7.89. The Morgan fingerprint density at radius 2 is 2.05 bits per heavy atom. The van der Waals surface area contributed by atoms with E-state index >= 15 is 0 Å². The van der Waals surface area contributed by atoms with Crippen molar-refractivity contribution in [1.82, 2.24) is 10.0 Å². The first-order valence-electron chi connectivity index (χ1n) is 5.95. The summed E-state index contributed by atoms with van der Waals surface area (Å²) in [6, 6.07) is 1.09. The van der Waals surface area contributed by atoms with Crippen LogP contribution < -0.4 is 10.0 Å². The van der Waals surface area contributed by atoms with Crippen LogP contribution in [-0.4, -0.2) is 38.5 Å². The summed E-state index contributed by atoms with van der Waals surface area (Å²) in [5, 5.41) is 12.6. The largest absolute Gasteiger partial charge is 0.477 e. The lowest BCUT2D eigenvalue weighted by atomic mass is 10.4. The lowest BCUT2D eigenvalue weighted by Gasteiger charge is -2.05. The minimum atomic E-state index is -3.77. The summed E-state index contributed by atoms with van der Waals surface area (Å²) in [5.74, 6) is -1.40. The van der Waals surface area contributed by atoms with Crippen molar-refractivity contribution in [2.45, 2.75) is 24.7 Å². The summed E-state index contributed by atoms with van der Waals surface area (Å²) >= 11 is 0.837. The first-order valence-corrected chi connectivity index (χ1v) is 8.31. The van der Waals surface area contributed by atoms with Crippen LogP contribution in [-0.2, 0) is 14.8 Å². The van der Waals surface area contributed by atoms with E-state index in [1.165, 1.54) is 5.38 Å². The second-order valence-electron chi connectivity index (χ2n) is 3.95. The number of carbonyl (C=O) groups is 2. The number of thiophene rings is 1. The number of sulfonamides is 1. The summed E-state index contributed by atoms with van der Waals surface area (Å²) < 4.78 is 25.9. The number of amides is 1. The number of hydrogen-bond acceptors (Lipinski definition) is 5. The highest BCUT2D eigenvalue weighted by Crippen LogP contribution is 2.18. The van der Waals surface area contributed by atoms with Gasteiger partial charge < -0.3 is 10.4 Å². The molecule has 0 aliphatic heterocycles. The van der Waals surface area contributed by atoms with Gasteiger partial charge in [-0.3, -0.25) is 4.79 Å². The van der Waals surface area contributed by atoms with E-state index in [2.05, 4.69) is 10.0 Å². The molecule has 0 unspecified atom stereocenters. The number of nitrogens with one attached hydrogen (secondary N) is 2. The molecule has 112 valence electrons. The molecule has 0 aliphatic carbocycles. The molecule has 1 aromatic rings. The van der Waals surface area contributed by atoms with Gasteiger partial charge in [-0.2, -0.15) is 0 Å². The van der Waals surface area contributed by atoms with E-state index in [0.29, 0.717) is 6.54 Å². The SMILES string of the molecule is CCCNC(=O)CCNS(=O)(=O)c1csc(C(=O)O)c1. The molecule has 0 saturated carbocycles. The summed E-state index contributed by atoms with van der Waals surface area (Å²) in [7, 11) is -3.77. The second kappa shape index (κ2) is 7.36. The first-order chi connectivity index (χ1) is 9.36. The molecule has 0 bridgehead atoms. The number of carboxylic acid groups (broad SMARTS) is 1. The van der Waals surface area contributed by atoms with E-state index in [9.17, 15) is 18.0 Å². The molecule has 0 aromatic carbocycles. The average Bonchev–Trinajstić information content (AvgIpc) is 2.86. The molecule has 0 aliphatic rings. The molecule has 0 fully saturated rings. The number of rotatable bonds is 8. The molecule has 9 heteroatoms. The van der Waals surface area contributed by atoms with Crippen molar-refractivity contribution in [2.24, 2.45) is 0 Å². The molecule has 1 rings (SSSR count). The summed E-state index contributed by atoms with van der Waals surface area (Å²) in [5.41, 5.74) is 0. The lowest BCUT2D eigenvalue weighted by molar-refractivity contribution is -0.120. The molecular weight excluding hydrogens is 304 g/mol. The third-order valence-corrected chi connectivity index (χ3v) is 4.82. The van der Waals surface area contributed by atoms with Gasteiger partial charge in [0, 0.05) is 24.9 Å². The van der Waals surface area contributed by atoms with Crippen molar-refractivity contribution in [3.8, 4) is 0 Å². The predicted octanol–water partition coefficient (Wildman–Crippen LogP) is 0.641.